The molecule has 3 rings (SSSR count). The molecule has 0 N–H and O–H groups in total. The van der Waals surface area contributed by atoms with Crippen LogP contribution in [0.4, 0.5) is 0 Å². The Hall–Kier alpha value is -2.05. The van der Waals surface area contributed by atoms with Crippen LogP contribution in [0.15, 0.2) is 47.5 Å². The Balaban J connectivity index is 1.86. The van der Waals surface area contributed by atoms with Crippen LogP contribution in [0.2, 0.25) is 0 Å². The summed E-state index contributed by atoms with van der Waals surface area (Å²) >= 11 is 0. The zero-order valence-corrected chi connectivity index (χ0v) is 15.3. The molecule has 0 aliphatic carbocycles. The number of piperidine rings is 1. The van der Waals surface area contributed by atoms with Gasteiger partial charge in [-0.2, -0.15) is 4.31 Å². The highest BCUT2D eigenvalue weighted by atomic mass is 32.2. The van der Waals surface area contributed by atoms with Gasteiger partial charge in [-0.3, -0.25) is 9.78 Å². The van der Waals surface area contributed by atoms with Gasteiger partial charge in [0.2, 0.25) is 10.0 Å². The number of hydrogen-bond acceptors (Lipinski definition) is 4. The van der Waals surface area contributed by atoms with Crippen molar-refractivity contribution in [1.29, 1.82) is 0 Å². The second kappa shape index (κ2) is 7.06. The van der Waals surface area contributed by atoms with Crippen molar-refractivity contribution in [2.45, 2.75) is 31.6 Å². The Morgan fingerprint density at radius 1 is 1.20 bits per heavy atom. The summed E-state index contributed by atoms with van der Waals surface area (Å²) in [6.45, 7) is 4.34. The molecule has 1 saturated heterocycles. The first-order valence-electron chi connectivity index (χ1n) is 8.42. The number of benzene rings is 1. The van der Waals surface area contributed by atoms with Crippen LogP contribution in [0, 0.1) is 19.8 Å². The number of carbonyl (C=O) groups is 1. The van der Waals surface area contributed by atoms with E-state index in [0.717, 1.165) is 11.1 Å². The molecule has 0 bridgehead atoms. The number of nitrogens with zero attached hydrogens (tertiary/aromatic N) is 2. The van der Waals surface area contributed by atoms with Crippen LogP contribution in [0.25, 0.3) is 0 Å². The minimum Gasteiger partial charge on any atom is -0.292 e. The van der Waals surface area contributed by atoms with Crippen molar-refractivity contribution >= 4 is 15.8 Å². The number of carbonyl (C=O) groups excluding carboxylic acids is 1. The maximum Gasteiger partial charge on any atom is 0.243 e. The SMILES string of the molecule is Cc1ccc(C)c(S(=O)(=O)N2CCCC(C(=O)c3ccccn3)C2)c1. The summed E-state index contributed by atoms with van der Waals surface area (Å²) in [4.78, 5) is 17.1. The van der Waals surface area contributed by atoms with Crippen molar-refractivity contribution in [2.24, 2.45) is 5.92 Å². The fourth-order valence-corrected chi connectivity index (χ4v) is 5.05. The van der Waals surface area contributed by atoms with Gasteiger partial charge in [0.15, 0.2) is 5.78 Å². The van der Waals surface area contributed by atoms with Crippen LogP contribution < -0.4 is 0 Å². The van der Waals surface area contributed by atoms with Gasteiger partial charge in [-0.15, -0.1) is 0 Å². The second-order valence-corrected chi connectivity index (χ2v) is 8.46. The number of ketones is 1. The molecule has 0 radical (unpaired) electrons. The molecule has 6 heteroatoms. The molecular weight excluding hydrogens is 336 g/mol. The predicted octanol–water partition coefficient (Wildman–Crippen LogP) is 2.98. The van der Waals surface area contributed by atoms with Crippen molar-refractivity contribution in [3.8, 4) is 0 Å². The van der Waals surface area contributed by atoms with Gasteiger partial charge < -0.3 is 0 Å². The van der Waals surface area contributed by atoms with Gasteiger partial charge in [-0.05, 0) is 56.0 Å². The molecular formula is C19H22N2O3S. The summed E-state index contributed by atoms with van der Waals surface area (Å²) in [6, 6.07) is 10.6. The molecule has 1 atom stereocenters. The van der Waals surface area contributed by atoms with E-state index in [-0.39, 0.29) is 18.2 Å². The van der Waals surface area contributed by atoms with E-state index in [9.17, 15) is 13.2 Å². The van der Waals surface area contributed by atoms with Gasteiger partial charge in [0, 0.05) is 25.2 Å². The molecule has 2 heterocycles. The van der Waals surface area contributed by atoms with Gasteiger partial charge in [0.05, 0.1) is 4.90 Å². The lowest BCUT2D eigenvalue weighted by molar-refractivity contribution is 0.0867. The number of Topliss-reactive ketones (excluding diaryl/α,β-unsaturated/α-hetero) is 1. The van der Waals surface area contributed by atoms with Crippen molar-refractivity contribution in [1.82, 2.24) is 9.29 Å². The van der Waals surface area contributed by atoms with Crippen molar-refractivity contribution in [3.05, 3.63) is 59.4 Å². The van der Waals surface area contributed by atoms with E-state index in [1.54, 1.807) is 37.4 Å². The summed E-state index contributed by atoms with van der Waals surface area (Å²) in [5.74, 6) is -0.426. The third-order valence-electron chi connectivity index (χ3n) is 4.63. The fraction of sp³-hybridized carbons (Fsp3) is 0.368. The second-order valence-electron chi connectivity index (χ2n) is 6.55. The van der Waals surface area contributed by atoms with Crippen LogP contribution in [-0.2, 0) is 10.0 Å². The van der Waals surface area contributed by atoms with E-state index in [1.165, 1.54) is 4.31 Å². The average molecular weight is 358 g/mol. The van der Waals surface area contributed by atoms with Gasteiger partial charge in [0.25, 0.3) is 0 Å². The van der Waals surface area contributed by atoms with Crippen LogP contribution in [0.3, 0.4) is 0 Å². The smallest absolute Gasteiger partial charge is 0.243 e. The van der Waals surface area contributed by atoms with Gasteiger partial charge in [-0.1, -0.05) is 18.2 Å². The maximum atomic E-state index is 13.1. The lowest BCUT2D eigenvalue weighted by atomic mass is 9.93. The standard InChI is InChI=1S/C19H22N2O3S/c1-14-8-9-15(2)18(12-14)25(23,24)21-11-5-6-16(13-21)19(22)17-7-3-4-10-20-17/h3-4,7-10,12,16H,5-6,11,13H2,1-2H3. The normalized spacial score (nSPS) is 18.9. The Labute approximate surface area is 148 Å². The van der Waals surface area contributed by atoms with Crippen LogP contribution in [0.5, 0.6) is 0 Å². The number of hydrogen-bond donors (Lipinski definition) is 0. The van der Waals surface area contributed by atoms with E-state index in [1.807, 2.05) is 19.1 Å². The van der Waals surface area contributed by atoms with E-state index in [4.69, 9.17) is 0 Å². The molecule has 1 aliphatic heterocycles. The summed E-state index contributed by atoms with van der Waals surface area (Å²) in [7, 11) is -3.60. The summed E-state index contributed by atoms with van der Waals surface area (Å²) in [5.41, 5.74) is 2.03. The van der Waals surface area contributed by atoms with E-state index in [2.05, 4.69) is 4.98 Å². The highest BCUT2D eigenvalue weighted by molar-refractivity contribution is 7.89. The van der Waals surface area contributed by atoms with Gasteiger partial charge >= 0.3 is 0 Å². The third-order valence-corrected chi connectivity index (χ3v) is 6.64. The molecule has 1 aliphatic rings. The molecule has 0 saturated carbocycles. The Morgan fingerprint density at radius 3 is 2.72 bits per heavy atom. The monoisotopic (exact) mass is 358 g/mol. The number of aromatic nitrogens is 1. The molecule has 1 unspecified atom stereocenters. The summed E-state index contributed by atoms with van der Waals surface area (Å²) < 4.78 is 27.6. The highest BCUT2D eigenvalue weighted by Crippen LogP contribution is 2.27. The lowest BCUT2D eigenvalue weighted by Gasteiger charge is -2.31. The minimum atomic E-state index is -3.60. The zero-order valence-electron chi connectivity index (χ0n) is 14.5. The number of rotatable bonds is 4. The molecule has 0 spiro atoms. The minimum absolute atomic E-state index is 0.0820. The zero-order chi connectivity index (χ0) is 18.0. The molecule has 2 aromatic rings. The molecule has 132 valence electrons. The van der Waals surface area contributed by atoms with Gasteiger partial charge in [-0.25, -0.2) is 8.42 Å². The highest BCUT2D eigenvalue weighted by Gasteiger charge is 2.34. The van der Waals surface area contributed by atoms with Crippen LogP contribution >= 0.6 is 0 Å². The first-order chi connectivity index (χ1) is 11.9. The first-order valence-corrected chi connectivity index (χ1v) is 9.86. The average Bonchev–Trinajstić information content (AvgIpc) is 2.64. The Morgan fingerprint density at radius 2 is 2.00 bits per heavy atom. The molecule has 1 aromatic heterocycles. The molecule has 1 fully saturated rings. The topological polar surface area (TPSA) is 67.3 Å². The van der Waals surface area contributed by atoms with E-state index >= 15 is 0 Å². The Bertz CT molecular complexity index is 879. The van der Waals surface area contributed by atoms with Crippen molar-refractivity contribution in [2.75, 3.05) is 13.1 Å². The maximum absolute atomic E-state index is 13.1. The van der Waals surface area contributed by atoms with Crippen LogP contribution in [0.1, 0.15) is 34.5 Å². The quantitative estimate of drug-likeness (QED) is 0.788. The first kappa shape index (κ1) is 17.8. The van der Waals surface area contributed by atoms with Gasteiger partial charge in [0.1, 0.15) is 5.69 Å². The summed E-state index contributed by atoms with van der Waals surface area (Å²) in [5, 5.41) is 0. The van der Waals surface area contributed by atoms with Crippen LogP contribution in [-0.4, -0.2) is 36.6 Å². The largest absolute Gasteiger partial charge is 0.292 e. The van der Waals surface area contributed by atoms with E-state index < -0.39 is 10.0 Å². The Kier molecular flexibility index (Phi) is 5.01. The number of sulfonamides is 1. The van der Waals surface area contributed by atoms with E-state index in [0.29, 0.717) is 30.0 Å². The van der Waals surface area contributed by atoms with Crippen molar-refractivity contribution in [3.63, 3.8) is 0 Å². The predicted molar refractivity (Wildman–Crippen MR) is 96.0 cm³/mol. The summed E-state index contributed by atoms with van der Waals surface area (Å²) in [6.07, 6.45) is 2.95. The molecule has 25 heavy (non-hydrogen) atoms. The molecule has 5 nitrogen and oxygen atoms in total. The molecule has 1 aromatic carbocycles. The third kappa shape index (κ3) is 3.65. The number of pyridine rings is 1. The fourth-order valence-electron chi connectivity index (χ4n) is 3.22. The lowest BCUT2D eigenvalue weighted by Crippen LogP contribution is -2.42. The molecule has 0 amide bonds. The number of aryl methyl sites for hydroxylation is 2. The van der Waals surface area contributed by atoms with Crippen molar-refractivity contribution < 1.29 is 13.2 Å².